The van der Waals surface area contributed by atoms with Crippen LogP contribution < -0.4 is 10.2 Å². The molecule has 1 aromatic carbocycles. The number of anilines is 3. The Kier molecular flexibility index (Phi) is 5.02. The van der Waals surface area contributed by atoms with E-state index in [-0.39, 0.29) is 11.3 Å². The molecule has 154 valence electrons. The first-order valence-corrected chi connectivity index (χ1v) is 10.4. The summed E-state index contributed by atoms with van der Waals surface area (Å²) in [6, 6.07) is 11.7. The third kappa shape index (κ3) is 3.22. The van der Waals surface area contributed by atoms with Gasteiger partial charge in [0.05, 0.1) is 11.5 Å². The molecule has 0 unspecified atom stereocenters. The van der Waals surface area contributed by atoms with Crippen LogP contribution in [0.25, 0.3) is 0 Å². The fraction of sp³-hybridized carbons (Fsp3) is 0.435. The number of nitriles is 1. The number of Topliss-reactive ketones (excluding diaryl/α,β-unsaturated/α-hetero) is 1. The molecule has 2 fully saturated rings. The summed E-state index contributed by atoms with van der Waals surface area (Å²) in [6.45, 7) is 4.24. The van der Waals surface area contributed by atoms with Crippen molar-refractivity contribution in [3.8, 4) is 6.07 Å². The van der Waals surface area contributed by atoms with E-state index < -0.39 is 5.41 Å². The van der Waals surface area contributed by atoms with Crippen molar-refractivity contribution < 1.29 is 9.59 Å². The molecular weight excluding hydrogens is 378 g/mol. The Hall–Kier alpha value is -3.27. The molecule has 7 heteroatoms. The molecule has 4 rings (SSSR count). The summed E-state index contributed by atoms with van der Waals surface area (Å²) in [7, 11) is 0. The molecule has 1 aromatic heterocycles. The van der Waals surface area contributed by atoms with Crippen LogP contribution in [-0.2, 0) is 15.0 Å². The van der Waals surface area contributed by atoms with Gasteiger partial charge in [-0.05, 0) is 49.4 Å². The van der Waals surface area contributed by atoms with Crippen molar-refractivity contribution in [1.29, 1.82) is 5.26 Å². The fourth-order valence-electron chi connectivity index (χ4n) is 4.25. The van der Waals surface area contributed by atoms with Gasteiger partial charge >= 0.3 is 0 Å². The van der Waals surface area contributed by atoms with Gasteiger partial charge in [-0.3, -0.25) is 14.5 Å². The van der Waals surface area contributed by atoms with E-state index in [1.165, 1.54) is 0 Å². The van der Waals surface area contributed by atoms with Gasteiger partial charge in [-0.15, -0.1) is 0 Å². The van der Waals surface area contributed by atoms with Crippen molar-refractivity contribution in [3.05, 3.63) is 42.1 Å². The number of carbonyl (C=O) groups excluding carboxylic acids is 2. The van der Waals surface area contributed by atoms with E-state index in [1.54, 1.807) is 17.2 Å². The number of hydrogen-bond donors (Lipinski definition) is 1. The second-order valence-corrected chi connectivity index (χ2v) is 8.05. The van der Waals surface area contributed by atoms with E-state index in [4.69, 9.17) is 0 Å². The van der Waals surface area contributed by atoms with Crippen LogP contribution in [0, 0.1) is 16.7 Å². The minimum Gasteiger partial charge on any atom is -0.324 e. The summed E-state index contributed by atoms with van der Waals surface area (Å²) in [4.78, 5) is 35.3. The standard InChI is InChI=1S/C23H25N5O2/c1-3-18(29)23(10-11-23)16-5-7-17(8-6-16)26-21-25-13-9-19(27-21)28-14-12-22(4-2,15-24)20(28)30/h5-9,13H,3-4,10-12,14H2,1-2H3,(H,25,26,27)/t22-/m1/s1. The molecular formula is C23H25N5O2. The molecule has 2 aromatic rings. The lowest BCUT2D eigenvalue weighted by Gasteiger charge is -2.19. The van der Waals surface area contributed by atoms with Crippen molar-refractivity contribution >= 4 is 29.1 Å². The fourth-order valence-corrected chi connectivity index (χ4v) is 4.25. The van der Waals surface area contributed by atoms with Crippen LogP contribution in [0.2, 0.25) is 0 Å². The summed E-state index contributed by atoms with van der Waals surface area (Å²) >= 11 is 0. The van der Waals surface area contributed by atoms with Crippen molar-refractivity contribution in [2.45, 2.75) is 51.4 Å². The molecule has 1 aliphatic carbocycles. The van der Waals surface area contributed by atoms with Crippen molar-refractivity contribution in [2.75, 3.05) is 16.8 Å². The summed E-state index contributed by atoms with van der Waals surface area (Å²) < 4.78 is 0. The Bertz CT molecular complexity index is 1020. The average Bonchev–Trinajstić information content (AvgIpc) is 3.52. The van der Waals surface area contributed by atoms with Crippen LogP contribution in [-0.4, -0.2) is 28.2 Å². The van der Waals surface area contributed by atoms with E-state index in [9.17, 15) is 14.9 Å². The van der Waals surface area contributed by atoms with Crippen LogP contribution >= 0.6 is 0 Å². The van der Waals surface area contributed by atoms with Gasteiger partial charge in [0, 0.05) is 24.8 Å². The monoisotopic (exact) mass is 403 g/mol. The van der Waals surface area contributed by atoms with E-state index in [0.29, 0.717) is 43.4 Å². The first-order chi connectivity index (χ1) is 14.5. The van der Waals surface area contributed by atoms with Crippen LogP contribution in [0.15, 0.2) is 36.5 Å². The molecule has 1 aliphatic heterocycles. The van der Waals surface area contributed by atoms with Crippen molar-refractivity contribution in [1.82, 2.24) is 9.97 Å². The van der Waals surface area contributed by atoms with Gasteiger partial charge in [0.2, 0.25) is 11.9 Å². The highest BCUT2D eigenvalue weighted by molar-refractivity contribution is 6.01. The number of nitrogens with zero attached hydrogens (tertiary/aromatic N) is 4. The number of rotatable bonds is 7. The Balaban J connectivity index is 1.50. The smallest absolute Gasteiger partial charge is 0.248 e. The van der Waals surface area contributed by atoms with Gasteiger partial charge < -0.3 is 5.32 Å². The molecule has 0 bridgehead atoms. The molecule has 1 N–H and O–H groups in total. The highest BCUT2D eigenvalue weighted by atomic mass is 16.2. The summed E-state index contributed by atoms with van der Waals surface area (Å²) in [5, 5.41) is 12.6. The third-order valence-electron chi connectivity index (χ3n) is 6.45. The first kappa shape index (κ1) is 20.0. The van der Waals surface area contributed by atoms with Gasteiger partial charge in [0.25, 0.3) is 0 Å². The van der Waals surface area contributed by atoms with Gasteiger partial charge in [0.15, 0.2) is 0 Å². The average molecular weight is 403 g/mol. The maximum Gasteiger partial charge on any atom is 0.248 e. The van der Waals surface area contributed by atoms with Gasteiger partial charge in [-0.1, -0.05) is 26.0 Å². The number of nitrogens with one attached hydrogen (secondary N) is 1. The lowest BCUT2D eigenvalue weighted by molar-refractivity contribution is -0.123. The van der Waals surface area contributed by atoms with Crippen molar-refractivity contribution in [3.63, 3.8) is 0 Å². The third-order valence-corrected chi connectivity index (χ3v) is 6.45. The normalized spacial score (nSPS) is 21.9. The van der Waals surface area contributed by atoms with Crippen molar-refractivity contribution in [2.24, 2.45) is 5.41 Å². The minimum atomic E-state index is -0.955. The van der Waals surface area contributed by atoms with Crippen LogP contribution in [0.1, 0.15) is 51.5 Å². The van der Waals surface area contributed by atoms with Gasteiger partial charge in [0.1, 0.15) is 17.0 Å². The van der Waals surface area contributed by atoms with Crippen LogP contribution in [0.5, 0.6) is 0 Å². The quantitative estimate of drug-likeness (QED) is 0.753. The molecule has 0 radical (unpaired) electrons. The summed E-state index contributed by atoms with van der Waals surface area (Å²) in [6.07, 6.45) is 4.99. The Labute approximate surface area is 176 Å². The number of hydrogen-bond acceptors (Lipinski definition) is 6. The van der Waals surface area contributed by atoms with E-state index in [0.717, 1.165) is 24.1 Å². The molecule has 1 saturated heterocycles. The topological polar surface area (TPSA) is 99.0 Å². The zero-order valence-corrected chi connectivity index (χ0v) is 17.3. The SMILES string of the molecule is CCC(=O)C1(c2ccc(Nc3nccc(N4CC[C@@](C#N)(CC)C4=O)n3)cc2)CC1. The highest BCUT2D eigenvalue weighted by Crippen LogP contribution is 2.49. The Morgan fingerprint density at radius 2 is 1.93 bits per heavy atom. The Morgan fingerprint density at radius 1 is 1.20 bits per heavy atom. The lowest BCUT2D eigenvalue weighted by atomic mass is 9.85. The maximum absolute atomic E-state index is 12.8. The molecule has 1 amide bonds. The van der Waals surface area contributed by atoms with Crippen LogP contribution in [0.4, 0.5) is 17.5 Å². The highest BCUT2D eigenvalue weighted by Gasteiger charge is 2.49. The zero-order chi connectivity index (χ0) is 21.4. The van der Waals surface area contributed by atoms with Crippen LogP contribution in [0.3, 0.4) is 0 Å². The first-order valence-electron chi connectivity index (χ1n) is 10.4. The number of carbonyl (C=O) groups is 2. The Morgan fingerprint density at radius 3 is 2.50 bits per heavy atom. The van der Waals surface area contributed by atoms with E-state index in [1.807, 2.05) is 38.1 Å². The summed E-state index contributed by atoms with van der Waals surface area (Å²) in [5.74, 6) is 0.974. The van der Waals surface area contributed by atoms with Gasteiger partial charge in [-0.2, -0.15) is 10.2 Å². The molecule has 1 saturated carbocycles. The van der Waals surface area contributed by atoms with E-state index >= 15 is 0 Å². The molecule has 2 heterocycles. The minimum absolute atomic E-state index is 0.197. The number of benzene rings is 1. The zero-order valence-electron chi connectivity index (χ0n) is 17.3. The molecule has 7 nitrogen and oxygen atoms in total. The summed E-state index contributed by atoms with van der Waals surface area (Å²) in [5.41, 5.74) is 0.628. The second kappa shape index (κ2) is 7.52. The molecule has 30 heavy (non-hydrogen) atoms. The van der Waals surface area contributed by atoms with E-state index in [2.05, 4.69) is 21.4 Å². The lowest BCUT2D eigenvalue weighted by Crippen LogP contribution is -2.33. The van der Waals surface area contributed by atoms with Gasteiger partial charge in [-0.25, -0.2) is 4.98 Å². The molecule has 1 atom stereocenters. The number of amides is 1. The largest absolute Gasteiger partial charge is 0.324 e. The number of ketones is 1. The molecule has 0 spiro atoms. The predicted octanol–water partition coefficient (Wildman–Crippen LogP) is 3.89. The predicted molar refractivity (Wildman–Crippen MR) is 113 cm³/mol. The second-order valence-electron chi connectivity index (χ2n) is 8.05. The molecule has 2 aliphatic rings. The maximum atomic E-state index is 12.8. The number of aromatic nitrogens is 2.